The van der Waals surface area contributed by atoms with Gasteiger partial charge in [0.05, 0.1) is 0 Å². The zero-order chi connectivity index (χ0) is 44.8. The van der Waals surface area contributed by atoms with Gasteiger partial charge in [-0.15, -0.1) is 6.42 Å². The van der Waals surface area contributed by atoms with E-state index in [1.807, 2.05) is 149 Å². The van der Waals surface area contributed by atoms with Crippen molar-refractivity contribution in [1.29, 1.82) is 0 Å². The number of para-hydroxylation sites is 2. The van der Waals surface area contributed by atoms with Crippen molar-refractivity contribution in [2.24, 2.45) is 0 Å². The van der Waals surface area contributed by atoms with Crippen molar-refractivity contribution >= 4 is 11.4 Å². The van der Waals surface area contributed by atoms with Gasteiger partial charge in [0, 0.05) is 88.1 Å². The first-order valence-corrected chi connectivity index (χ1v) is 22.6. The number of hydrogen-bond acceptors (Lipinski definition) is 4. The number of nitrogens with zero attached hydrogens (tertiary/aromatic N) is 1. The standard InChI is InChI=1S/C10H12N2.C8H9N.C7H8.C5H10.C3H4N2.9C2H6.Y/c1-2-4-9-7(3-1)8-5-11-6-10(8)12-9;1-2-4-8-7(3-1)5-6-9-8;1-7-5-3-2-4-6-7;1-3-5-4-2;1-2-4-5-3-1;9*1-2;/h1-4,8,10-12H,5-6H2;1-4,9H,5-6H2;2-6H,1H3;1-5H2;1-3H,(H,4,5);9*1-2H3;/q;;;-2;;;;;;;;;;;. The number of hydrogen-bond donors (Lipinski definition) is 4. The van der Waals surface area contributed by atoms with E-state index in [9.17, 15) is 0 Å². The van der Waals surface area contributed by atoms with E-state index in [0.29, 0.717) is 12.0 Å². The summed E-state index contributed by atoms with van der Waals surface area (Å²) in [5, 5.41) is 16.4. The number of aromatic amines is 1. The Morgan fingerprint density at radius 3 is 1.44 bits per heavy atom. The minimum atomic E-state index is 0. The maximum atomic E-state index is 3.64. The van der Waals surface area contributed by atoms with Crippen molar-refractivity contribution in [1.82, 2.24) is 15.5 Å². The predicted molar refractivity (Wildman–Crippen MR) is 265 cm³/mol. The molecule has 3 aliphatic rings. The molecule has 3 aromatic carbocycles. The number of unbranched alkanes of at least 4 members (excludes halogenated alkanes) is 2. The fraction of sp³-hybridized carbons (Fsp3) is 0.549. The number of nitrogens with one attached hydrogen (secondary N) is 4. The summed E-state index contributed by atoms with van der Waals surface area (Å²) in [6.45, 7) is 48.7. The number of H-pyrrole nitrogens is 1. The molecule has 4 heterocycles. The van der Waals surface area contributed by atoms with Gasteiger partial charge in [-0.1, -0.05) is 197 Å². The third-order valence-electron chi connectivity index (χ3n) is 6.49. The van der Waals surface area contributed by atoms with Crippen LogP contribution in [0, 0.1) is 20.8 Å². The predicted octanol–water partition coefficient (Wildman–Crippen LogP) is 16.3. The Balaban J connectivity index is -0.0000000814. The first kappa shape index (κ1) is 72.2. The molecule has 2 atom stereocenters. The number of benzene rings is 3. The molecule has 7 rings (SSSR count). The molecule has 1 radical (unpaired) electrons. The van der Waals surface area contributed by atoms with Gasteiger partial charge in [-0.2, -0.15) is 17.9 Å². The Morgan fingerprint density at radius 2 is 1.05 bits per heavy atom. The molecule has 6 heteroatoms. The topological polar surface area (TPSA) is 64.8 Å². The number of aromatic nitrogens is 2. The molecule has 1 aromatic heterocycles. The number of fused-ring (bicyclic) bond motifs is 4. The van der Waals surface area contributed by atoms with E-state index in [2.05, 4.69) is 108 Å². The van der Waals surface area contributed by atoms with Gasteiger partial charge in [-0.05, 0) is 42.7 Å². The average Bonchev–Trinajstić information content (AvgIpc) is 4.17. The summed E-state index contributed by atoms with van der Waals surface area (Å²) < 4.78 is 0. The third-order valence-corrected chi connectivity index (χ3v) is 6.49. The van der Waals surface area contributed by atoms with Crippen LogP contribution in [0.3, 0.4) is 0 Å². The van der Waals surface area contributed by atoms with Crippen LogP contribution in [0.15, 0.2) is 97.3 Å². The van der Waals surface area contributed by atoms with Gasteiger partial charge in [0.1, 0.15) is 0 Å². The maximum Gasteiger partial charge on any atom is 0.0487 e. The van der Waals surface area contributed by atoms with E-state index >= 15 is 0 Å². The van der Waals surface area contributed by atoms with Crippen LogP contribution >= 0.6 is 0 Å². The minimum absolute atomic E-state index is 0. The van der Waals surface area contributed by atoms with Gasteiger partial charge < -0.3 is 29.8 Å². The molecule has 3 aliphatic heterocycles. The normalized spacial score (nSPS) is 12.3. The second-order valence-corrected chi connectivity index (χ2v) is 9.42. The molecule has 4 N–H and O–H groups in total. The van der Waals surface area contributed by atoms with Crippen LogP contribution < -0.4 is 16.0 Å². The summed E-state index contributed by atoms with van der Waals surface area (Å²) in [5.41, 5.74) is 6.93. The van der Waals surface area contributed by atoms with Crippen LogP contribution in [0.25, 0.3) is 0 Å². The molecule has 331 valence electrons. The van der Waals surface area contributed by atoms with E-state index in [1.54, 1.807) is 12.4 Å². The average molecular weight is 869 g/mol. The molecule has 1 fully saturated rings. The van der Waals surface area contributed by atoms with Gasteiger partial charge in [0.2, 0.25) is 0 Å². The number of rotatable bonds is 2. The molecule has 0 aliphatic carbocycles. The first-order valence-electron chi connectivity index (χ1n) is 22.6. The van der Waals surface area contributed by atoms with E-state index < -0.39 is 0 Å². The fourth-order valence-corrected chi connectivity index (χ4v) is 4.48. The van der Waals surface area contributed by atoms with Crippen LogP contribution in [0.4, 0.5) is 11.4 Å². The Morgan fingerprint density at radius 1 is 0.579 bits per heavy atom. The maximum absolute atomic E-state index is 3.64. The molecule has 0 saturated carbocycles. The van der Waals surface area contributed by atoms with Crippen molar-refractivity contribution in [3.8, 4) is 0 Å². The van der Waals surface area contributed by atoms with E-state index in [-0.39, 0.29) is 32.7 Å². The molecular formula is C51H97N5Y-2. The molecule has 0 amide bonds. The molecule has 0 bridgehead atoms. The van der Waals surface area contributed by atoms with Crippen LogP contribution in [-0.4, -0.2) is 35.9 Å². The minimum Gasteiger partial charge on any atom is -0.384 e. The number of aryl methyl sites for hydroxylation is 1. The van der Waals surface area contributed by atoms with E-state index in [0.717, 1.165) is 32.5 Å². The Hall–Kier alpha value is -2.47. The Labute approximate surface area is 384 Å². The largest absolute Gasteiger partial charge is 0.384 e. The fourth-order valence-electron chi connectivity index (χ4n) is 4.48. The van der Waals surface area contributed by atoms with Crippen molar-refractivity contribution < 1.29 is 32.7 Å². The monoisotopic (exact) mass is 869 g/mol. The smallest absolute Gasteiger partial charge is 0.0487 e. The van der Waals surface area contributed by atoms with E-state index in [1.165, 1.54) is 40.9 Å². The summed E-state index contributed by atoms with van der Waals surface area (Å²) >= 11 is 0. The van der Waals surface area contributed by atoms with Crippen molar-refractivity contribution in [2.75, 3.05) is 30.3 Å². The molecule has 1 saturated heterocycles. The zero-order valence-electron chi connectivity index (χ0n) is 41.3. The van der Waals surface area contributed by atoms with Crippen LogP contribution in [0.5, 0.6) is 0 Å². The molecule has 2 unspecified atom stereocenters. The van der Waals surface area contributed by atoms with Gasteiger partial charge in [0.15, 0.2) is 0 Å². The third kappa shape index (κ3) is 41.5. The van der Waals surface area contributed by atoms with Crippen molar-refractivity contribution in [2.45, 2.75) is 169 Å². The number of anilines is 2. The van der Waals surface area contributed by atoms with Gasteiger partial charge in [0.25, 0.3) is 0 Å². The SMILES string of the molecule is CC.CC.CC.CC.CC.CC.CC.CC.CC.Cc1ccccc1.[CH2-]CCC[CH2-].[Y].c1ccc2c(c1)CCN2.c1ccc2c(c1)NC1CNCC21.c1cn[nH]c1. The quantitative estimate of drug-likeness (QED) is 0.152. The Kier molecular flexibility index (Phi) is 86.4. The van der Waals surface area contributed by atoms with Crippen LogP contribution in [0.1, 0.15) is 166 Å². The molecule has 57 heavy (non-hydrogen) atoms. The molecule has 0 spiro atoms. The first-order chi connectivity index (χ1) is 27.7. The molecule has 4 aromatic rings. The second-order valence-electron chi connectivity index (χ2n) is 9.42. The summed E-state index contributed by atoms with van der Waals surface area (Å²) in [7, 11) is 0. The van der Waals surface area contributed by atoms with Gasteiger partial charge >= 0.3 is 0 Å². The molecule has 5 nitrogen and oxygen atoms in total. The summed E-state index contributed by atoms with van der Waals surface area (Å²) in [6, 6.07) is 29.8. The van der Waals surface area contributed by atoms with E-state index in [4.69, 9.17) is 0 Å². The summed E-state index contributed by atoms with van der Waals surface area (Å²) in [5.74, 6) is 0.709. The van der Waals surface area contributed by atoms with Gasteiger partial charge in [-0.3, -0.25) is 5.10 Å². The van der Waals surface area contributed by atoms with Crippen LogP contribution in [0.2, 0.25) is 0 Å². The Bertz CT molecular complexity index is 1100. The van der Waals surface area contributed by atoms with Gasteiger partial charge in [-0.25, -0.2) is 0 Å². The summed E-state index contributed by atoms with van der Waals surface area (Å²) in [4.78, 5) is 0. The summed E-state index contributed by atoms with van der Waals surface area (Å²) in [6.07, 6.45) is 7.88. The second kappa shape index (κ2) is 68.2. The molecular weight excluding hydrogens is 772 g/mol. The van der Waals surface area contributed by atoms with Crippen molar-refractivity contribution in [3.63, 3.8) is 0 Å². The van der Waals surface area contributed by atoms with Crippen LogP contribution in [-0.2, 0) is 39.1 Å². The van der Waals surface area contributed by atoms with Crippen molar-refractivity contribution in [3.05, 3.63) is 128 Å². The zero-order valence-corrected chi connectivity index (χ0v) is 44.1.